The molecule has 0 radical (unpaired) electrons. The van der Waals surface area contributed by atoms with E-state index in [1.807, 2.05) is 31.9 Å². The molecule has 11 nitrogen and oxygen atoms in total. The summed E-state index contributed by atoms with van der Waals surface area (Å²) in [5.41, 5.74) is 0.0602. The van der Waals surface area contributed by atoms with Gasteiger partial charge in [0.15, 0.2) is 11.4 Å². The Hall–Kier alpha value is -4.46. The zero-order valence-electron chi connectivity index (χ0n) is 27.0. The van der Waals surface area contributed by atoms with Crippen molar-refractivity contribution in [1.29, 1.82) is 0 Å². The van der Waals surface area contributed by atoms with E-state index < -0.39 is 23.3 Å². The predicted molar refractivity (Wildman–Crippen MR) is 170 cm³/mol. The molecule has 0 bridgehead atoms. The van der Waals surface area contributed by atoms with Crippen molar-refractivity contribution in [3.05, 3.63) is 59.7 Å². The molecule has 2 aliphatic rings. The fourth-order valence-corrected chi connectivity index (χ4v) is 5.90. The third-order valence-electron chi connectivity index (χ3n) is 8.57. The van der Waals surface area contributed by atoms with E-state index in [4.69, 9.17) is 14.5 Å². The van der Waals surface area contributed by atoms with E-state index in [0.29, 0.717) is 42.3 Å². The van der Waals surface area contributed by atoms with E-state index in [1.165, 1.54) is 11.0 Å². The Morgan fingerprint density at radius 3 is 2.43 bits per heavy atom. The summed E-state index contributed by atoms with van der Waals surface area (Å²) in [5, 5.41) is 3.04. The van der Waals surface area contributed by atoms with Gasteiger partial charge in [-0.3, -0.25) is 14.6 Å². The second-order valence-corrected chi connectivity index (χ2v) is 11.5. The maximum Gasteiger partial charge on any atom is 0.434 e. The number of likely N-dealkylation sites (N-methyl/N-ethyl adjacent to an activating group) is 1. The summed E-state index contributed by atoms with van der Waals surface area (Å²) >= 11 is 0. The van der Waals surface area contributed by atoms with Gasteiger partial charge in [0.1, 0.15) is 11.4 Å². The number of alkyl halides is 3. The maximum atomic E-state index is 14.0. The molecule has 5 rings (SSSR count). The van der Waals surface area contributed by atoms with Crippen molar-refractivity contribution in [3.8, 4) is 22.9 Å². The zero-order valence-corrected chi connectivity index (χ0v) is 27.0. The highest BCUT2D eigenvalue weighted by Crippen LogP contribution is 2.37. The number of ether oxygens (including phenoxy) is 2. The van der Waals surface area contributed by atoms with Crippen molar-refractivity contribution in [2.75, 3.05) is 57.9 Å². The highest BCUT2D eigenvalue weighted by atomic mass is 19.4. The molecule has 47 heavy (non-hydrogen) atoms. The average molecular weight is 656 g/mol. The van der Waals surface area contributed by atoms with Crippen molar-refractivity contribution in [1.82, 2.24) is 30.1 Å². The van der Waals surface area contributed by atoms with Gasteiger partial charge in [0, 0.05) is 68.4 Å². The number of amides is 2. The summed E-state index contributed by atoms with van der Waals surface area (Å²) < 4.78 is 53.2. The van der Waals surface area contributed by atoms with Crippen LogP contribution in [0.4, 0.5) is 18.9 Å². The minimum absolute atomic E-state index is 0.113. The summed E-state index contributed by atoms with van der Waals surface area (Å²) in [6, 6.07) is 7.71. The topological polar surface area (TPSA) is 113 Å². The van der Waals surface area contributed by atoms with Crippen LogP contribution in [0.3, 0.4) is 0 Å². The molecule has 0 aliphatic carbocycles. The number of likely N-dealkylation sites (tertiary alicyclic amines) is 1. The lowest BCUT2D eigenvalue weighted by molar-refractivity contribution is -0.141. The Kier molecular flexibility index (Phi) is 10.5. The Morgan fingerprint density at radius 2 is 1.81 bits per heavy atom. The molecule has 2 fully saturated rings. The molecule has 0 spiro atoms. The second-order valence-electron chi connectivity index (χ2n) is 11.5. The lowest BCUT2D eigenvalue weighted by Crippen LogP contribution is -2.55. The summed E-state index contributed by atoms with van der Waals surface area (Å²) in [7, 11) is 2.01. The highest BCUT2D eigenvalue weighted by molar-refractivity contribution is 5.99. The third kappa shape index (κ3) is 7.42. The van der Waals surface area contributed by atoms with Gasteiger partial charge < -0.3 is 29.5 Å². The largest absolute Gasteiger partial charge is 0.492 e. The van der Waals surface area contributed by atoms with Gasteiger partial charge >= 0.3 is 6.18 Å². The standard InChI is InChI=1S/C33H40F3N7O4/c1-5-22-20-42(32(45)24-10-11-27(47-7-3)39-30(24)33(34,35)36)15-16-43(22)25-17-26(46-6-2)28(21-9-8-13-37-18-21)40-29(25)31(44)38-19-23-12-14-41(23)4/h8-11,13,17-18,22-23H,5-7,12,14-16,19-20H2,1-4H3,(H,38,44)/t22-,23+/m1/s1. The van der Waals surface area contributed by atoms with Crippen LogP contribution in [0.25, 0.3) is 11.3 Å². The SMILES string of the molecule is CCOc1ccc(C(=O)N2CCN(c3cc(OCC)c(-c4cccnc4)nc3C(=O)NC[C@@H]3CCN3C)[C@H](CC)C2)c(C(F)(F)F)n1. The smallest absolute Gasteiger partial charge is 0.434 e. The monoisotopic (exact) mass is 655 g/mol. The van der Waals surface area contributed by atoms with Gasteiger partial charge in [-0.25, -0.2) is 9.97 Å². The molecule has 2 amide bonds. The van der Waals surface area contributed by atoms with Gasteiger partial charge in [0.25, 0.3) is 11.8 Å². The third-order valence-corrected chi connectivity index (χ3v) is 8.57. The van der Waals surface area contributed by atoms with E-state index in [1.54, 1.807) is 31.5 Å². The molecule has 252 valence electrons. The molecule has 3 aromatic heterocycles. The Labute approximate surface area is 272 Å². The van der Waals surface area contributed by atoms with Crippen LogP contribution in [0, 0.1) is 0 Å². The van der Waals surface area contributed by atoms with E-state index in [0.717, 1.165) is 19.0 Å². The zero-order chi connectivity index (χ0) is 33.7. The molecule has 0 saturated carbocycles. The molecule has 1 N–H and O–H groups in total. The Balaban J connectivity index is 1.48. The lowest BCUT2D eigenvalue weighted by atomic mass is 10.0. The van der Waals surface area contributed by atoms with Gasteiger partial charge in [-0.05, 0) is 58.5 Å². The molecule has 2 saturated heterocycles. The highest BCUT2D eigenvalue weighted by Gasteiger charge is 2.40. The van der Waals surface area contributed by atoms with Crippen molar-refractivity contribution in [2.45, 2.75) is 51.9 Å². The number of hydrogen-bond donors (Lipinski definition) is 1. The van der Waals surface area contributed by atoms with Crippen LogP contribution in [0.15, 0.2) is 42.7 Å². The molecule has 3 aromatic rings. The normalized spacial score (nSPS) is 18.4. The average Bonchev–Trinajstić information content (AvgIpc) is 3.07. The number of hydrogen-bond acceptors (Lipinski definition) is 9. The van der Waals surface area contributed by atoms with E-state index >= 15 is 0 Å². The first kappa shape index (κ1) is 33.9. The van der Waals surface area contributed by atoms with Crippen molar-refractivity contribution in [3.63, 3.8) is 0 Å². The quantitative estimate of drug-likeness (QED) is 0.319. The number of carbonyl (C=O) groups is 2. The van der Waals surface area contributed by atoms with Gasteiger partial charge in [0.2, 0.25) is 5.88 Å². The van der Waals surface area contributed by atoms with Crippen LogP contribution >= 0.6 is 0 Å². The predicted octanol–water partition coefficient (Wildman–Crippen LogP) is 4.53. The first-order valence-electron chi connectivity index (χ1n) is 15.9. The van der Waals surface area contributed by atoms with Crippen LogP contribution < -0.4 is 19.7 Å². The molecule has 0 unspecified atom stereocenters. The molecule has 2 aliphatic heterocycles. The minimum atomic E-state index is -4.85. The van der Waals surface area contributed by atoms with E-state index in [2.05, 4.69) is 20.2 Å². The molecule has 14 heteroatoms. The summed E-state index contributed by atoms with van der Waals surface area (Å²) in [4.78, 5) is 45.6. The number of rotatable bonds is 11. The number of nitrogens with one attached hydrogen (secondary N) is 1. The molecule has 5 heterocycles. The van der Waals surface area contributed by atoms with Gasteiger partial charge in [-0.15, -0.1) is 0 Å². The van der Waals surface area contributed by atoms with Crippen LogP contribution in [-0.4, -0.2) is 102 Å². The molecular formula is C33H40F3N7O4. The first-order valence-corrected chi connectivity index (χ1v) is 15.9. The Morgan fingerprint density at radius 1 is 1.02 bits per heavy atom. The number of carbonyl (C=O) groups excluding carboxylic acids is 2. The maximum absolute atomic E-state index is 14.0. The van der Waals surface area contributed by atoms with Crippen LogP contribution in [0.1, 0.15) is 60.2 Å². The fourth-order valence-electron chi connectivity index (χ4n) is 5.90. The molecule has 2 atom stereocenters. The van der Waals surface area contributed by atoms with Crippen molar-refractivity contribution < 1.29 is 32.2 Å². The lowest BCUT2D eigenvalue weighted by Gasteiger charge is -2.43. The van der Waals surface area contributed by atoms with Crippen LogP contribution in [0.5, 0.6) is 11.6 Å². The number of pyridine rings is 3. The van der Waals surface area contributed by atoms with Gasteiger partial charge in [0.05, 0.1) is 24.5 Å². The second kappa shape index (κ2) is 14.5. The van der Waals surface area contributed by atoms with Crippen LogP contribution in [-0.2, 0) is 6.18 Å². The number of halogens is 3. The van der Waals surface area contributed by atoms with E-state index in [-0.39, 0.29) is 55.8 Å². The van der Waals surface area contributed by atoms with Crippen molar-refractivity contribution in [2.24, 2.45) is 0 Å². The Bertz CT molecular complexity index is 1570. The van der Waals surface area contributed by atoms with Gasteiger partial charge in [-0.1, -0.05) is 6.92 Å². The molecule has 0 aromatic carbocycles. The molecular weight excluding hydrogens is 615 g/mol. The summed E-state index contributed by atoms with van der Waals surface area (Å²) in [6.45, 7) is 7.83. The number of nitrogens with zero attached hydrogens (tertiary/aromatic N) is 6. The summed E-state index contributed by atoms with van der Waals surface area (Å²) in [5.74, 6) is -0.852. The fraction of sp³-hybridized carbons (Fsp3) is 0.485. The number of anilines is 1. The van der Waals surface area contributed by atoms with Gasteiger partial charge in [-0.2, -0.15) is 13.2 Å². The van der Waals surface area contributed by atoms with E-state index in [9.17, 15) is 22.8 Å². The first-order chi connectivity index (χ1) is 22.5. The number of aromatic nitrogens is 3. The van der Waals surface area contributed by atoms with Crippen LogP contribution in [0.2, 0.25) is 0 Å². The minimum Gasteiger partial charge on any atom is -0.492 e. The summed E-state index contributed by atoms with van der Waals surface area (Å²) in [6.07, 6.45) is -0.0266. The van der Waals surface area contributed by atoms with Crippen molar-refractivity contribution >= 4 is 17.5 Å². The number of piperazine rings is 1.